The van der Waals surface area contributed by atoms with Gasteiger partial charge in [-0.3, -0.25) is 4.79 Å². The lowest BCUT2D eigenvalue weighted by molar-refractivity contribution is 0.0757. The van der Waals surface area contributed by atoms with Crippen molar-refractivity contribution in [2.24, 2.45) is 0 Å². The topological polar surface area (TPSA) is 29.5 Å². The third-order valence-corrected chi connectivity index (χ3v) is 5.94. The third kappa shape index (κ3) is 4.10. The molecule has 1 aliphatic rings. The van der Waals surface area contributed by atoms with Crippen molar-refractivity contribution in [2.45, 2.75) is 16.0 Å². The van der Waals surface area contributed by atoms with Crippen molar-refractivity contribution in [1.82, 2.24) is 4.90 Å². The average Bonchev–Trinajstić information content (AvgIpc) is 3.11. The van der Waals surface area contributed by atoms with Crippen LogP contribution in [0.1, 0.15) is 21.3 Å². The second-order valence-electron chi connectivity index (χ2n) is 5.37. The van der Waals surface area contributed by atoms with E-state index in [0.717, 1.165) is 17.1 Å². The lowest BCUT2D eigenvalue weighted by atomic mass is 10.1. The van der Waals surface area contributed by atoms with Crippen LogP contribution in [-0.2, 0) is 0 Å². The zero-order valence-corrected chi connectivity index (χ0v) is 15.2. The lowest BCUT2D eigenvalue weighted by Crippen LogP contribution is -2.30. The van der Waals surface area contributed by atoms with Gasteiger partial charge in [0.15, 0.2) is 0 Å². The van der Waals surface area contributed by atoms with Gasteiger partial charge in [0.2, 0.25) is 0 Å². The summed E-state index contributed by atoms with van der Waals surface area (Å²) in [6.45, 7) is 0.591. The van der Waals surface area contributed by atoms with Gasteiger partial charge in [-0.05, 0) is 29.8 Å². The maximum atomic E-state index is 13.0. The number of carbonyl (C=O) groups is 1. The number of hydrogen-bond donors (Lipinski definition) is 0. The quantitative estimate of drug-likeness (QED) is 0.689. The molecule has 0 radical (unpaired) electrons. The van der Waals surface area contributed by atoms with Crippen LogP contribution in [0.2, 0.25) is 0 Å². The predicted octanol–water partition coefficient (Wildman–Crippen LogP) is 4.90. The van der Waals surface area contributed by atoms with E-state index in [2.05, 4.69) is 0 Å². The lowest BCUT2D eigenvalue weighted by Gasteiger charge is -2.25. The number of methoxy groups -OCH3 is 1. The second-order valence-corrected chi connectivity index (χ2v) is 7.59. The summed E-state index contributed by atoms with van der Waals surface area (Å²) in [4.78, 5) is 15.0. The van der Waals surface area contributed by atoms with E-state index in [1.165, 1.54) is 0 Å². The van der Waals surface area contributed by atoms with Gasteiger partial charge in [-0.15, -0.1) is 11.8 Å². The zero-order chi connectivity index (χ0) is 17.8. The summed E-state index contributed by atoms with van der Waals surface area (Å²) < 4.78 is 30.7. The molecule has 1 unspecified atom stereocenters. The Morgan fingerprint density at radius 3 is 2.64 bits per heavy atom. The molecule has 1 heterocycles. The highest BCUT2D eigenvalue weighted by atomic mass is 32.2. The minimum atomic E-state index is -2.56. The molecular weight excluding hydrogens is 364 g/mol. The standard InChI is InChI=1S/C18H17F2NO2S2/c1-23-13-8-6-12(7-9-13)17-21(10-11-24-17)16(22)14-4-2-3-5-15(14)25-18(19)20/h2-9,17-18H,10-11H2,1H3. The molecule has 0 aromatic heterocycles. The third-order valence-electron chi connectivity index (χ3n) is 3.89. The molecule has 2 aromatic carbocycles. The van der Waals surface area contributed by atoms with Crippen molar-refractivity contribution in [3.05, 3.63) is 59.7 Å². The Morgan fingerprint density at radius 2 is 1.96 bits per heavy atom. The molecule has 0 spiro atoms. The normalized spacial score (nSPS) is 17.1. The number of amides is 1. The Kier molecular flexibility index (Phi) is 5.86. The van der Waals surface area contributed by atoms with Crippen LogP contribution < -0.4 is 4.74 Å². The van der Waals surface area contributed by atoms with E-state index in [1.54, 1.807) is 48.0 Å². The number of nitrogens with zero attached hydrogens (tertiary/aromatic N) is 1. The molecule has 0 bridgehead atoms. The minimum absolute atomic E-state index is 0.122. The van der Waals surface area contributed by atoms with Crippen LogP contribution in [0.4, 0.5) is 8.78 Å². The fraction of sp³-hybridized carbons (Fsp3) is 0.278. The minimum Gasteiger partial charge on any atom is -0.497 e. The Balaban J connectivity index is 1.86. The number of benzene rings is 2. The number of alkyl halides is 2. The van der Waals surface area contributed by atoms with E-state index in [-0.39, 0.29) is 11.3 Å². The highest BCUT2D eigenvalue weighted by Crippen LogP contribution is 2.40. The van der Waals surface area contributed by atoms with Crippen LogP contribution in [0.25, 0.3) is 0 Å². The summed E-state index contributed by atoms with van der Waals surface area (Å²) in [6, 6.07) is 14.1. The number of thioether (sulfide) groups is 2. The first-order valence-electron chi connectivity index (χ1n) is 7.70. The molecule has 132 valence electrons. The molecule has 2 aromatic rings. The SMILES string of the molecule is COc1ccc(C2SCCN2C(=O)c2ccccc2SC(F)F)cc1. The van der Waals surface area contributed by atoms with Gasteiger partial charge in [-0.25, -0.2) is 0 Å². The van der Waals surface area contributed by atoms with E-state index in [9.17, 15) is 13.6 Å². The summed E-state index contributed by atoms with van der Waals surface area (Å²) in [5.74, 6) is -1.20. The molecule has 1 saturated heterocycles. The molecule has 3 nitrogen and oxygen atoms in total. The van der Waals surface area contributed by atoms with Crippen LogP contribution in [0.3, 0.4) is 0 Å². The molecule has 1 fully saturated rings. The van der Waals surface area contributed by atoms with Gasteiger partial charge in [-0.2, -0.15) is 8.78 Å². The first kappa shape index (κ1) is 18.1. The van der Waals surface area contributed by atoms with E-state index < -0.39 is 5.76 Å². The molecule has 7 heteroatoms. The Morgan fingerprint density at radius 1 is 1.24 bits per heavy atom. The van der Waals surface area contributed by atoms with Gasteiger partial charge in [0, 0.05) is 17.2 Å². The van der Waals surface area contributed by atoms with E-state index in [4.69, 9.17) is 4.74 Å². The average molecular weight is 381 g/mol. The Bertz CT molecular complexity index is 740. The van der Waals surface area contributed by atoms with E-state index in [1.807, 2.05) is 24.3 Å². The fourth-order valence-electron chi connectivity index (χ4n) is 2.72. The van der Waals surface area contributed by atoms with Crippen LogP contribution in [0, 0.1) is 0 Å². The number of ether oxygens (including phenoxy) is 1. The van der Waals surface area contributed by atoms with Crippen molar-refractivity contribution in [3.63, 3.8) is 0 Å². The van der Waals surface area contributed by atoms with Crippen molar-refractivity contribution < 1.29 is 18.3 Å². The van der Waals surface area contributed by atoms with Crippen LogP contribution in [0.15, 0.2) is 53.4 Å². The summed E-state index contributed by atoms with van der Waals surface area (Å²) in [7, 11) is 1.60. The summed E-state index contributed by atoms with van der Waals surface area (Å²) >= 11 is 2.08. The number of halogens is 2. The maximum Gasteiger partial charge on any atom is 0.288 e. The molecule has 1 atom stereocenters. The van der Waals surface area contributed by atoms with Crippen molar-refractivity contribution in [1.29, 1.82) is 0 Å². The summed E-state index contributed by atoms with van der Waals surface area (Å²) in [5, 5.41) is -0.122. The Labute approximate surface area is 153 Å². The van der Waals surface area contributed by atoms with Crippen molar-refractivity contribution in [3.8, 4) is 5.75 Å². The van der Waals surface area contributed by atoms with Gasteiger partial charge >= 0.3 is 0 Å². The highest BCUT2D eigenvalue weighted by Gasteiger charge is 2.32. The van der Waals surface area contributed by atoms with Crippen LogP contribution >= 0.6 is 23.5 Å². The first-order valence-corrected chi connectivity index (χ1v) is 9.63. The highest BCUT2D eigenvalue weighted by molar-refractivity contribution is 8.00. The monoisotopic (exact) mass is 381 g/mol. The van der Waals surface area contributed by atoms with Crippen LogP contribution in [0.5, 0.6) is 5.75 Å². The van der Waals surface area contributed by atoms with Gasteiger partial charge in [0.05, 0.1) is 12.7 Å². The smallest absolute Gasteiger partial charge is 0.288 e. The Hall–Kier alpha value is -1.73. The number of carbonyl (C=O) groups excluding carboxylic acids is 1. The molecule has 1 amide bonds. The van der Waals surface area contributed by atoms with Gasteiger partial charge in [0.1, 0.15) is 11.1 Å². The molecule has 0 saturated carbocycles. The second kappa shape index (κ2) is 8.10. The van der Waals surface area contributed by atoms with Gasteiger partial charge in [-0.1, -0.05) is 36.0 Å². The van der Waals surface area contributed by atoms with Gasteiger partial charge < -0.3 is 9.64 Å². The number of rotatable bonds is 5. The first-order chi connectivity index (χ1) is 12.1. The maximum absolute atomic E-state index is 13.0. The molecular formula is C18H17F2NO2S2. The van der Waals surface area contributed by atoms with E-state index >= 15 is 0 Å². The van der Waals surface area contributed by atoms with Crippen molar-refractivity contribution >= 4 is 29.4 Å². The van der Waals surface area contributed by atoms with Crippen LogP contribution in [-0.4, -0.2) is 36.0 Å². The largest absolute Gasteiger partial charge is 0.497 e. The molecule has 3 rings (SSSR count). The zero-order valence-electron chi connectivity index (χ0n) is 13.5. The predicted molar refractivity (Wildman–Crippen MR) is 97.5 cm³/mol. The molecule has 1 aliphatic heterocycles. The fourth-order valence-corrected chi connectivity index (χ4v) is 4.61. The number of hydrogen-bond acceptors (Lipinski definition) is 4. The summed E-state index contributed by atoms with van der Waals surface area (Å²) in [5.41, 5.74) is 1.32. The molecule has 25 heavy (non-hydrogen) atoms. The summed E-state index contributed by atoms with van der Waals surface area (Å²) in [6.07, 6.45) is 0. The van der Waals surface area contributed by atoms with Crippen molar-refractivity contribution in [2.75, 3.05) is 19.4 Å². The van der Waals surface area contributed by atoms with Gasteiger partial charge in [0.25, 0.3) is 11.7 Å². The molecule has 0 N–H and O–H groups in total. The van der Waals surface area contributed by atoms with E-state index in [0.29, 0.717) is 28.8 Å². The molecule has 0 aliphatic carbocycles.